The zero-order chi connectivity index (χ0) is 16.2. The minimum Gasteiger partial charge on any atom is -0.485 e. The van der Waals surface area contributed by atoms with E-state index in [1.54, 1.807) is 42.5 Å². The molecule has 1 aliphatic heterocycles. The molecule has 6 nitrogen and oxygen atoms in total. The maximum atomic E-state index is 12.1. The summed E-state index contributed by atoms with van der Waals surface area (Å²) in [6.45, 7) is 1.52. The largest absolute Gasteiger partial charge is 0.485 e. The van der Waals surface area contributed by atoms with Gasteiger partial charge in [-0.05, 0) is 36.4 Å². The van der Waals surface area contributed by atoms with Crippen LogP contribution in [-0.4, -0.2) is 24.6 Å². The van der Waals surface area contributed by atoms with Crippen molar-refractivity contribution >= 4 is 17.6 Å². The van der Waals surface area contributed by atoms with Gasteiger partial charge in [-0.15, -0.1) is 0 Å². The van der Waals surface area contributed by atoms with Crippen molar-refractivity contribution in [3.8, 4) is 17.2 Å². The minimum atomic E-state index is -0.820. The van der Waals surface area contributed by atoms with Crippen LogP contribution in [0.4, 0.5) is 5.69 Å². The fourth-order valence-electron chi connectivity index (χ4n) is 2.13. The van der Waals surface area contributed by atoms with Gasteiger partial charge in [0, 0.05) is 12.6 Å². The number of benzene rings is 2. The summed E-state index contributed by atoms with van der Waals surface area (Å²) >= 11 is 0. The highest BCUT2D eigenvalue weighted by atomic mass is 16.6. The summed E-state index contributed by atoms with van der Waals surface area (Å²) in [5, 5.41) is 2.64. The Kier molecular flexibility index (Phi) is 4.14. The third-order valence-corrected chi connectivity index (χ3v) is 3.16. The van der Waals surface area contributed by atoms with E-state index in [1.807, 2.05) is 6.07 Å². The van der Waals surface area contributed by atoms with Crippen LogP contribution in [0.5, 0.6) is 17.2 Å². The second-order valence-electron chi connectivity index (χ2n) is 4.99. The van der Waals surface area contributed by atoms with Crippen LogP contribution in [0.25, 0.3) is 0 Å². The van der Waals surface area contributed by atoms with Crippen molar-refractivity contribution in [2.45, 2.75) is 13.0 Å². The molecule has 0 saturated carbocycles. The molecule has 0 unspecified atom stereocenters. The van der Waals surface area contributed by atoms with Crippen LogP contribution in [0.3, 0.4) is 0 Å². The lowest BCUT2D eigenvalue weighted by molar-refractivity contribution is -0.144. The maximum absolute atomic E-state index is 12.1. The molecule has 118 valence electrons. The average Bonchev–Trinajstić information content (AvgIpc) is 2.55. The summed E-state index contributed by atoms with van der Waals surface area (Å²) in [6, 6.07) is 13.6. The first-order valence-electron chi connectivity index (χ1n) is 7.09. The lowest BCUT2D eigenvalue weighted by Crippen LogP contribution is -2.39. The van der Waals surface area contributed by atoms with Crippen LogP contribution in [-0.2, 0) is 9.59 Å². The molecule has 0 radical (unpaired) electrons. The van der Waals surface area contributed by atoms with Crippen LogP contribution >= 0.6 is 0 Å². The highest BCUT2D eigenvalue weighted by molar-refractivity contribution is 5.88. The summed E-state index contributed by atoms with van der Waals surface area (Å²) in [4.78, 5) is 23.1. The van der Waals surface area contributed by atoms with Crippen molar-refractivity contribution in [2.75, 3.05) is 11.9 Å². The molecule has 3 rings (SSSR count). The molecular weight excluding hydrogens is 298 g/mol. The van der Waals surface area contributed by atoms with E-state index in [0.717, 1.165) is 0 Å². The molecule has 0 fully saturated rings. The van der Waals surface area contributed by atoms with Gasteiger partial charge in [0.15, 0.2) is 11.5 Å². The number of hydrogen-bond donors (Lipinski definition) is 1. The molecule has 1 N–H and O–H groups in total. The van der Waals surface area contributed by atoms with Crippen LogP contribution in [0.1, 0.15) is 6.92 Å². The van der Waals surface area contributed by atoms with Gasteiger partial charge in [0.05, 0.1) is 0 Å². The van der Waals surface area contributed by atoms with Crippen LogP contribution in [0.15, 0.2) is 48.5 Å². The molecule has 2 aromatic carbocycles. The highest BCUT2D eigenvalue weighted by Gasteiger charge is 2.29. The van der Waals surface area contributed by atoms with E-state index in [0.29, 0.717) is 22.9 Å². The predicted octanol–water partition coefficient (Wildman–Crippen LogP) is 2.39. The fourth-order valence-corrected chi connectivity index (χ4v) is 2.13. The lowest BCUT2D eigenvalue weighted by Gasteiger charge is -2.24. The smallest absolute Gasteiger partial charge is 0.356 e. The Bertz CT molecular complexity index is 726. The second kappa shape index (κ2) is 6.39. The number of carbonyl (C=O) groups excluding carboxylic acids is 2. The molecule has 1 aliphatic rings. The van der Waals surface area contributed by atoms with Gasteiger partial charge in [0.2, 0.25) is 12.0 Å². The van der Waals surface area contributed by atoms with Crippen LogP contribution < -0.4 is 19.5 Å². The summed E-state index contributed by atoms with van der Waals surface area (Å²) in [7, 11) is 0. The van der Waals surface area contributed by atoms with E-state index in [2.05, 4.69) is 5.32 Å². The molecule has 1 atom stereocenters. The zero-order valence-electron chi connectivity index (χ0n) is 12.4. The van der Waals surface area contributed by atoms with Crippen molar-refractivity contribution in [1.82, 2.24) is 0 Å². The number of carbonyl (C=O) groups is 2. The molecule has 0 saturated heterocycles. The van der Waals surface area contributed by atoms with Gasteiger partial charge in [-0.2, -0.15) is 0 Å². The standard InChI is InChI=1S/C17H15NO5/c1-11(19)18-12-6-8-13(9-7-12)22-17(20)16-10-21-14-4-2-3-5-15(14)23-16/h2-9,16H,10H2,1H3,(H,18,19)/t16-/m1/s1. The first-order valence-corrected chi connectivity index (χ1v) is 7.09. The van der Waals surface area contributed by atoms with E-state index in [9.17, 15) is 9.59 Å². The van der Waals surface area contributed by atoms with Crippen molar-refractivity contribution in [3.05, 3.63) is 48.5 Å². The normalized spacial score (nSPS) is 15.6. The number of fused-ring (bicyclic) bond motifs is 1. The molecule has 23 heavy (non-hydrogen) atoms. The third-order valence-electron chi connectivity index (χ3n) is 3.16. The molecule has 0 aliphatic carbocycles. The number of para-hydroxylation sites is 2. The van der Waals surface area contributed by atoms with Gasteiger partial charge < -0.3 is 19.5 Å². The Morgan fingerprint density at radius 3 is 2.48 bits per heavy atom. The molecule has 0 bridgehead atoms. The van der Waals surface area contributed by atoms with Crippen LogP contribution in [0.2, 0.25) is 0 Å². The number of ether oxygens (including phenoxy) is 3. The van der Waals surface area contributed by atoms with Gasteiger partial charge >= 0.3 is 5.97 Å². The first kappa shape index (κ1) is 14.9. The van der Waals surface area contributed by atoms with Gasteiger partial charge in [-0.1, -0.05) is 12.1 Å². The second-order valence-corrected chi connectivity index (χ2v) is 4.99. The SMILES string of the molecule is CC(=O)Nc1ccc(OC(=O)[C@H]2COc3ccccc3O2)cc1. The fraction of sp³-hybridized carbons (Fsp3) is 0.176. The number of hydrogen-bond acceptors (Lipinski definition) is 5. The zero-order valence-corrected chi connectivity index (χ0v) is 12.4. The molecule has 0 aromatic heterocycles. The number of rotatable bonds is 3. The van der Waals surface area contributed by atoms with Crippen LogP contribution in [0, 0.1) is 0 Å². The summed E-state index contributed by atoms with van der Waals surface area (Å²) < 4.78 is 16.3. The Balaban J connectivity index is 1.62. The van der Waals surface area contributed by atoms with Crippen molar-refractivity contribution < 1.29 is 23.8 Å². The molecule has 0 spiro atoms. The highest BCUT2D eigenvalue weighted by Crippen LogP contribution is 2.31. The topological polar surface area (TPSA) is 73.9 Å². The first-order chi connectivity index (χ1) is 11.1. The Hall–Kier alpha value is -3.02. The summed E-state index contributed by atoms with van der Waals surface area (Å²) in [6.07, 6.45) is -0.820. The Labute approximate surface area is 133 Å². The molecule has 6 heteroatoms. The number of esters is 1. The minimum absolute atomic E-state index is 0.0970. The van der Waals surface area contributed by atoms with E-state index in [-0.39, 0.29) is 12.5 Å². The number of anilines is 1. The van der Waals surface area contributed by atoms with Gasteiger partial charge in [0.25, 0.3) is 0 Å². The number of nitrogens with one attached hydrogen (secondary N) is 1. The summed E-state index contributed by atoms with van der Waals surface area (Å²) in [5.41, 5.74) is 0.628. The van der Waals surface area contributed by atoms with E-state index in [1.165, 1.54) is 6.92 Å². The molecular formula is C17H15NO5. The molecule has 1 heterocycles. The monoisotopic (exact) mass is 313 g/mol. The predicted molar refractivity (Wildman–Crippen MR) is 82.7 cm³/mol. The molecule has 2 aromatic rings. The van der Waals surface area contributed by atoms with Gasteiger partial charge in [-0.25, -0.2) is 4.79 Å². The Morgan fingerprint density at radius 1 is 1.09 bits per heavy atom. The van der Waals surface area contributed by atoms with Gasteiger partial charge in [0.1, 0.15) is 12.4 Å². The maximum Gasteiger partial charge on any atom is 0.356 e. The lowest BCUT2D eigenvalue weighted by atomic mass is 10.2. The average molecular weight is 313 g/mol. The van der Waals surface area contributed by atoms with Gasteiger partial charge in [-0.3, -0.25) is 4.79 Å². The van der Waals surface area contributed by atoms with Crippen molar-refractivity contribution in [1.29, 1.82) is 0 Å². The number of amides is 1. The van der Waals surface area contributed by atoms with Crippen molar-refractivity contribution in [2.24, 2.45) is 0 Å². The summed E-state index contributed by atoms with van der Waals surface area (Å²) in [5.74, 6) is 0.789. The van der Waals surface area contributed by atoms with E-state index < -0.39 is 12.1 Å². The Morgan fingerprint density at radius 2 is 1.78 bits per heavy atom. The third kappa shape index (κ3) is 3.60. The molecule has 1 amide bonds. The van der Waals surface area contributed by atoms with E-state index >= 15 is 0 Å². The van der Waals surface area contributed by atoms with Crippen molar-refractivity contribution in [3.63, 3.8) is 0 Å². The quantitative estimate of drug-likeness (QED) is 0.696. The van der Waals surface area contributed by atoms with E-state index in [4.69, 9.17) is 14.2 Å².